The van der Waals surface area contributed by atoms with Gasteiger partial charge >= 0.3 is 0 Å². The Bertz CT molecular complexity index is 520. The lowest BCUT2D eigenvalue weighted by molar-refractivity contribution is 0.357. The molecule has 0 saturated heterocycles. The highest BCUT2D eigenvalue weighted by atomic mass is 35.7. The van der Waals surface area contributed by atoms with Crippen LogP contribution in [0.4, 0.5) is 0 Å². The SMILES string of the molecule is CC(C)(c1ccc2c(c1)CCO2)S(=O)(=O)Cl. The van der Waals surface area contributed by atoms with Gasteiger partial charge in [-0.25, -0.2) is 8.42 Å². The Morgan fingerprint density at radius 3 is 2.69 bits per heavy atom. The van der Waals surface area contributed by atoms with Crippen LogP contribution in [0.5, 0.6) is 5.75 Å². The predicted octanol–water partition coefficient (Wildman–Crippen LogP) is 2.43. The second-order valence-electron chi connectivity index (χ2n) is 4.37. The van der Waals surface area contributed by atoms with Crippen molar-refractivity contribution in [2.75, 3.05) is 6.61 Å². The number of rotatable bonds is 2. The van der Waals surface area contributed by atoms with Crippen molar-refractivity contribution >= 4 is 19.7 Å². The van der Waals surface area contributed by atoms with E-state index in [4.69, 9.17) is 15.4 Å². The molecule has 0 spiro atoms. The molecule has 1 aliphatic rings. The van der Waals surface area contributed by atoms with E-state index < -0.39 is 13.8 Å². The first-order chi connectivity index (χ1) is 7.32. The normalized spacial score (nSPS) is 15.7. The minimum atomic E-state index is -3.64. The van der Waals surface area contributed by atoms with Crippen molar-refractivity contribution in [1.29, 1.82) is 0 Å². The fraction of sp³-hybridized carbons (Fsp3) is 0.455. The van der Waals surface area contributed by atoms with Gasteiger partial charge in [0.15, 0.2) is 0 Å². The molecule has 0 bridgehead atoms. The highest BCUT2D eigenvalue weighted by Gasteiger charge is 2.35. The first-order valence-corrected chi connectivity index (χ1v) is 7.34. The Morgan fingerprint density at radius 1 is 1.38 bits per heavy atom. The number of ether oxygens (including phenoxy) is 1. The highest BCUT2D eigenvalue weighted by Crippen LogP contribution is 2.36. The van der Waals surface area contributed by atoms with Gasteiger partial charge in [0.25, 0.3) is 0 Å². The number of halogens is 1. The van der Waals surface area contributed by atoms with Gasteiger partial charge < -0.3 is 4.74 Å². The third-order valence-electron chi connectivity index (χ3n) is 2.99. The second kappa shape index (κ2) is 3.64. The summed E-state index contributed by atoms with van der Waals surface area (Å²) in [6.45, 7) is 3.87. The van der Waals surface area contributed by atoms with Crippen molar-refractivity contribution in [1.82, 2.24) is 0 Å². The van der Waals surface area contributed by atoms with Gasteiger partial charge in [-0.2, -0.15) is 0 Å². The zero-order valence-corrected chi connectivity index (χ0v) is 10.7. The predicted molar refractivity (Wildman–Crippen MR) is 63.4 cm³/mol. The van der Waals surface area contributed by atoms with Gasteiger partial charge in [0.1, 0.15) is 10.5 Å². The maximum atomic E-state index is 11.5. The Kier molecular flexibility index (Phi) is 2.67. The van der Waals surface area contributed by atoms with Crippen LogP contribution < -0.4 is 4.74 Å². The fourth-order valence-corrected chi connectivity index (χ4v) is 2.38. The van der Waals surface area contributed by atoms with Crippen molar-refractivity contribution in [3.8, 4) is 5.75 Å². The van der Waals surface area contributed by atoms with Crippen molar-refractivity contribution in [2.45, 2.75) is 25.0 Å². The standard InChI is InChI=1S/C11H13ClO3S/c1-11(2,16(12,13)14)9-3-4-10-8(7-9)5-6-15-10/h3-4,7H,5-6H2,1-2H3. The van der Waals surface area contributed by atoms with Crippen molar-refractivity contribution in [3.63, 3.8) is 0 Å². The highest BCUT2D eigenvalue weighted by molar-refractivity contribution is 8.14. The minimum absolute atomic E-state index is 0.660. The van der Waals surface area contributed by atoms with E-state index in [0.29, 0.717) is 12.2 Å². The molecular weight excluding hydrogens is 248 g/mol. The van der Waals surface area contributed by atoms with Crippen LogP contribution in [0.3, 0.4) is 0 Å². The molecule has 0 unspecified atom stereocenters. The Balaban J connectivity index is 2.50. The third kappa shape index (κ3) is 1.80. The van der Waals surface area contributed by atoms with E-state index >= 15 is 0 Å². The van der Waals surface area contributed by atoms with Gasteiger partial charge in [0.05, 0.1) is 6.61 Å². The van der Waals surface area contributed by atoms with Gasteiger partial charge in [-0.05, 0) is 31.0 Å². The van der Waals surface area contributed by atoms with E-state index in [1.165, 1.54) is 0 Å². The molecule has 0 N–H and O–H groups in total. The molecule has 0 amide bonds. The molecule has 0 aliphatic carbocycles. The monoisotopic (exact) mass is 260 g/mol. The molecule has 88 valence electrons. The molecule has 1 aromatic rings. The number of hydrogen-bond donors (Lipinski definition) is 0. The van der Waals surface area contributed by atoms with Crippen molar-refractivity contribution in [3.05, 3.63) is 29.3 Å². The number of fused-ring (bicyclic) bond motifs is 1. The van der Waals surface area contributed by atoms with Gasteiger partial charge in [-0.3, -0.25) is 0 Å². The summed E-state index contributed by atoms with van der Waals surface area (Å²) in [5.41, 5.74) is 1.75. The summed E-state index contributed by atoms with van der Waals surface area (Å²) in [5, 5.41) is 0. The Morgan fingerprint density at radius 2 is 2.06 bits per heavy atom. The largest absolute Gasteiger partial charge is 0.493 e. The van der Waals surface area contributed by atoms with Crippen LogP contribution in [0.25, 0.3) is 0 Å². The van der Waals surface area contributed by atoms with Gasteiger partial charge in [0, 0.05) is 17.1 Å². The first kappa shape index (κ1) is 11.7. The third-order valence-corrected chi connectivity index (χ3v) is 5.61. The van der Waals surface area contributed by atoms with Crippen LogP contribution >= 0.6 is 10.7 Å². The van der Waals surface area contributed by atoms with Gasteiger partial charge in [-0.1, -0.05) is 12.1 Å². The Labute approximate surface area is 99.8 Å². The number of benzene rings is 1. The molecule has 1 aromatic carbocycles. The van der Waals surface area contributed by atoms with Gasteiger partial charge in [0.2, 0.25) is 9.05 Å². The molecule has 0 radical (unpaired) electrons. The summed E-state index contributed by atoms with van der Waals surface area (Å²) in [4.78, 5) is 0. The van der Waals surface area contributed by atoms with Crippen LogP contribution in [0.1, 0.15) is 25.0 Å². The van der Waals surface area contributed by atoms with E-state index in [2.05, 4.69) is 0 Å². The van der Waals surface area contributed by atoms with Crippen LogP contribution in [0, 0.1) is 0 Å². The van der Waals surface area contributed by atoms with E-state index in [1.807, 2.05) is 12.1 Å². The zero-order chi connectivity index (χ0) is 12.0. The summed E-state index contributed by atoms with van der Waals surface area (Å²) in [6, 6.07) is 5.42. The maximum Gasteiger partial charge on any atom is 0.241 e. The van der Waals surface area contributed by atoms with Crippen LogP contribution in [-0.2, 0) is 20.2 Å². The topological polar surface area (TPSA) is 43.4 Å². The molecule has 0 atom stereocenters. The first-order valence-electron chi connectivity index (χ1n) is 5.03. The minimum Gasteiger partial charge on any atom is -0.493 e. The molecule has 0 saturated carbocycles. The average Bonchev–Trinajstić information content (AvgIpc) is 2.61. The average molecular weight is 261 g/mol. The summed E-state index contributed by atoms with van der Waals surface area (Å²) in [5.74, 6) is 0.839. The summed E-state index contributed by atoms with van der Waals surface area (Å²) < 4.78 is 27.3. The fourth-order valence-electron chi connectivity index (χ4n) is 1.70. The molecule has 2 rings (SSSR count). The lowest BCUT2D eigenvalue weighted by atomic mass is 9.99. The zero-order valence-electron chi connectivity index (χ0n) is 9.16. The molecule has 0 fully saturated rings. The van der Waals surface area contributed by atoms with Crippen LogP contribution in [0.15, 0.2) is 18.2 Å². The lowest BCUT2D eigenvalue weighted by Crippen LogP contribution is -2.24. The Hall–Kier alpha value is -0.740. The summed E-state index contributed by atoms with van der Waals surface area (Å²) in [6.07, 6.45) is 0.821. The van der Waals surface area contributed by atoms with E-state index in [1.54, 1.807) is 19.9 Å². The molecule has 1 heterocycles. The quantitative estimate of drug-likeness (QED) is 0.767. The number of hydrogen-bond acceptors (Lipinski definition) is 3. The summed E-state index contributed by atoms with van der Waals surface area (Å²) in [7, 11) is 1.81. The molecule has 16 heavy (non-hydrogen) atoms. The molecule has 3 nitrogen and oxygen atoms in total. The summed E-state index contributed by atoms with van der Waals surface area (Å²) >= 11 is 0. The van der Waals surface area contributed by atoms with Crippen LogP contribution in [0.2, 0.25) is 0 Å². The molecule has 1 aliphatic heterocycles. The van der Waals surface area contributed by atoms with Crippen molar-refractivity contribution < 1.29 is 13.2 Å². The molecule has 5 heteroatoms. The van der Waals surface area contributed by atoms with Gasteiger partial charge in [-0.15, -0.1) is 0 Å². The second-order valence-corrected chi connectivity index (χ2v) is 7.48. The van der Waals surface area contributed by atoms with Crippen molar-refractivity contribution in [2.24, 2.45) is 0 Å². The smallest absolute Gasteiger partial charge is 0.241 e. The molecule has 0 aromatic heterocycles. The van der Waals surface area contributed by atoms with E-state index in [-0.39, 0.29) is 0 Å². The van der Waals surface area contributed by atoms with Crippen LogP contribution in [-0.4, -0.2) is 15.0 Å². The van der Waals surface area contributed by atoms with E-state index in [9.17, 15) is 8.42 Å². The lowest BCUT2D eigenvalue weighted by Gasteiger charge is -2.21. The maximum absolute atomic E-state index is 11.5. The molecular formula is C11H13ClO3S. The van der Waals surface area contributed by atoms with E-state index in [0.717, 1.165) is 17.7 Å².